The second kappa shape index (κ2) is 4.37. The molecule has 1 heterocycles. The van der Waals surface area contributed by atoms with Crippen molar-refractivity contribution in [3.63, 3.8) is 0 Å². The predicted octanol–water partition coefficient (Wildman–Crippen LogP) is 1.31. The van der Waals surface area contributed by atoms with Crippen LogP contribution in [0.25, 0.3) is 0 Å². The molecule has 1 aromatic carbocycles. The Hall–Kier alpha value is -1.46. The van der Waals surface area contributed by atoms with Crippen molar-refractivity contribution < 1.29 is 23.4 Å². The van der Waals surface area contributed by atoms with E-state index in [2.05, 4.69) is 0 Å². The molecule has 0 N–H and O–H groups in total. The van der Waals surface area contributed by atoms with Gasteiger partial charge in [-0.2, -0.15) is 0 Å². The Kier molecular flexibility index (Phi) is 2.94. The first-order valence-corrected chi connectivity index (χ1v) is 4.42. The van der Waals surface area contributed by atoms with E-state index in [9.17, 15) is 9.18 Å². The van der Waals surface area contributed by atoms with Crippen LogP contribution in [-0.2, 0) is 14.2 Å². The minimum absolute atomic E-state index is 0.0925. The lowest BCUT2D eigenvalue weighted by molar-refractivity contribution is -0.0754. The lowest BCUT2D eigenvalue weighted by Gasteiger charge is -2.09. The lowest BCUT2D eigenvalue weighted by atomic mass is 10.2. The second-order valence-electron chi connectivity index (χ2n) is 2.97. The topological polar surface area (TPSA) is 44.8 Å². The van der Waals surface area contributed by atoms with Crippen molar-refractivity contribution in [3.8, 4) is 0 Å². The first kappa shape index (κ1) is 10.1. The van der Waals surface area contributed by atoms with Crippen molar-refractivity contribution in [2.75, 3.05) is 13.4 Å². The zero-order valence-corrected chi connectivity index (χ0v) is 7.81. The Labute approximate surface area is 85.6 Å². The number of ether oxygens (including phenoxy) is 3. The molecule has 1 aliphatic heterocycles. The fourth-order valence-electron chi connectivity index (χ4n) is 1.19. The van der Waals surface area contributed by atoms with Gasteiger partial charge in [0.25, 0.3) is 0 Å². The van der Waals surface area contributed by atoms with Crippen LogP contribution in [0.4, 0.5) is 4.39 Å². The van der Waals surface area contributed by atoms with Gasteiger partial charge in [-0.05, 0) is 12.1 Å². The van der Waals surface area contributed by atoms with Gasteiger partial charge in [0.15, 0.2) is 6.79 Å². The summed E-state index contributed by atoms with van der Waals surface area (Å²) < 4.78 is 27.7. The standard InChI is InChI=1S/C10H9FO4/c11-8-4-2-1-3-7(8)10(12)15-9-5-13-6-14-9/h1-4,9H,5-6H2. The average molecular weight is 212 g/mol. The van der Waals surface area contributed by atoms with Gasteiger partial charge in [-0.3, -0.25) is 0 Å². The van der Waals surface area contributed by atoms with Crippen molar-refractivity contribution >= 4 is 5.97 Å². The molecular weight excluding hydrogens is 203 g/mol. The third-order valence-electron chi connectivity index (χ3n) is 1.92. The third kappa shape index (κ3) is 2.31. The Balaban J connectivity index is 2.04. The van der Waals surface area contributed by atoms with Crippen LogP contribution in [0.1, 0.15) is 10.4 Å². The van der Waals surface area contributed by atoms with Crippen molar-refractivity contribution in [2.24, 2.45) is 0 Å². The van der Waals surface area contributed by atoms with E-state index in [0.29, 0.717) is 0 Å². The molecule has 0 saturated carbocycles. The number of benzene rings is 1. The molecule has 0 aliphatic carbocycles. The fourth-order valence-corrected chi connectivity index (χ4v) is 1.19. The van der Waals surface area contributed by atoms with Crippen molar-refractivity contribution in [1.82, 2.24) is 0 Å². The number of esters is 1. The molecule has 1 unspecified atom stereocenters. The number of halogens is 1. The Morgan fingerprint density at radius 2 is 2.27 bits per heavy atom. The molecule has 1 fully saturated rings. The fraction of sp³-hybridized carbons (Fsp3) is 0.300. The Morgan fingerprint density at radius 1 is 1.47 bits per heavy atom. The molecule has 1 atom stereocenters. The van der Waals surface area contributed by atoms with Crippen molar-refractivity contribution in [2.45, 2.75) is 6.29 Å². The summed E-state index contributed by atoms with van der Waals surface area (Å²) >= 11 is 0. The second-order valence-corrected chi connectivity index (χ2v) is 2.97. The van der Waals surface area contributed by atoms with Gasteiger partial charge in [0, 0.05) is 0 Å². The lowest BCUT2D eigenvalue weighted by Crippen LogP contribution is -2.20. The Morgan fingerprint density at radius 3 is 2.93 bits per heavy atom. The molecule has 15 heavy (non-hydrogen) atoms. The summed E-state index contributed by atoms with van der Waals surface area (Å²) in [6.45, 7) is 0.273. The van der Waals surface area contributed by atoms with E-state index in [1.54, 1.807) is 6.07 Å². The van der Waals surface area contributed by atoms with Gasteiger partial charge in [0.2, 0.25) is 6.29 Å². The first-order valence-electron chi connectivity index (χ1n) is 4.42. The third-order valence-corrected chi connectivity index (χ3v) is 1.92. The molecule has 0 bridgehead atoms. The molecule has 5 heteroatoms. The maximum atomic E-state index is 13.1. The van der Waals surface area contributed by atoms with E-state index in [1.807, 2.05) is 0 Å². The number of hydrogen-bond donors (Lipinski definition) is 0. The van der Waals surface area contributed by atoms with Crippen molar-refractivity contribution in [1.29, 1.82) is 0 Å². The average Bonchev–Trinajstić information content (AvgIpc) is 2.71. The quantitative estimate of drug-likeness (QED) is 0.693. The molecule has 0 radical (unpaired) electrons. The van der Waals surface area contributed by atoms with Crippen LogP contribution in [-0.4, -0.2) is 25.7 Å². The zero-order valence-electron chi connectivity index (χ0n) is 7.81. The molecule has 80 valence electrons. The summed E-state index contributed by atoms with van der Waals surface area (Å²) in [5, 5.41) is 0. The monoisotopic (exact) mass is 212 g/mol. The highest BCUT2D eigenvalue weighted by Crippen LogP contribution is 2.12. The van der Waals surface area contributed by atoms with E-state index < -0.39 is 18.1 Å². The van der Waals surface area contributed by atoms with Crippen LogP contribution in [0.2, 0.25) is 0 Å². The summed E-state index contributed by atoms with van der Waals surface area (Å²) in [4.78, 5) is 11.4. The van der Waals surface area contributed by atoms with E-state index in [-0.39, 0.29) is 19.0 Å². The van der Waals surface area contributed by atoms with Gasteiger partial charge in [0.05, 0.1) is 5.56 Å². The predicted molar refractivity (Wildman–Crippen MR) is 47.5 cm³/mol. The minimum Gasteiger partial charge on any atom is -0.429 e. The Bertz CT molecular complexity index is 360. The molecule has 2 rings (SSSR count). The number of hydrogen-bond acceptors (Lipinski definition) is 4. The maximum absolute atomic E-state index is 13.1. The van der Waals surface area contributed by atoms with Crippen LogP contribution in [0.15, 0.2) is 24.3 Å². The summed E-state index contributed by atoms with van der Waals surface area (Å²) in [6.07, 6.45) is -0.739. The van der Waals surface area contributed by atoms with Gasteiger partial charge in [-0.25, -0.2) is 9.18 Å². The molecule has 1 aliphatic rings. The SMILES string of the molecule is O=C(OC1COCO1)c1ccccc1F. The molecule has 1 aromatic rings. The van der Waals surface area contributed by atoms with E-state index >= 15 is 0 Å². The zero-order chi connectivity index (χ0) is 10.7. The van der Waals surface area contributed by atoms with E-state index in [1.165, 1.54) is 18.2 Å². The number of carbonyl (C=O) groups excluding carboxylic acids is 1. The largest absolute Gasteiger partial charge is 0.429 e. The highest BCUT2D eigenvalue weighted by molar-refractivity contribution is 5.89. The molecular formula is C10H9FO4. The summed E-state index contributed by atoms with van der Waals surface area (Å²) in [7, 11) is 0. The number of rotatable bonds is 2. The van der Waals surface area contributed by atoms with Crippen LogP contribution in [0.3, 0.4) is 0 Å². The maximum Gasteiger partial charge on any atom is 0.343 e. The highest BCUT2D eigenvalue weighted by Gasteiger charge is 2.22. The molecule has 4 nitrogen and oxygen atoms in total. The van der Waals surface area contributed by atoms with Crippen LogP contribution in [0.5, 0.6) is 0 Å². The van der Waals surface area contributed by atoms with Gasteiger partial charge >= 0.3 is 5.97 Å². The van der Waals surface area contributed by atoms with E-state index in [0.717, 1.165) is 0 Å². The summed E-state index contributed by atoms with van der Waals surface area (Å²) in [5.74, 6) is -1.36. The van der Waals surface area contributed by atoms with Gasteiger partial charge in [0.1, 0.15) is 12.4 Å². The summed E-state index contributed by atoms with van der Waals surface area (Å²) in [5.41, 5.74) is -0.104. The first-order chi connectivity index (χ1) is 7.27. The smallest absolute Gasteiger partial charge is 0.343 e. The van der Waals surface area contributed by atoms with Gasteiger partial charge < -0.3 is 14.2 Å². The highest BCUT2D eigenvalue weighted by atomic mass is 19.1. The minimum atomic E-state index is -0.747. The molecule has 0 aromatic heterocycles. The van der Waals surface area contributed by atoms with Crippen LogP contribution >= 0.6 is 0 Å². The van der Waals surface area contributed by atoms with Crippen LogP contribution < -0.4 is 0 Å². The van der Waals surface area contributed by atoms with Crippen LogP contribution in [0, 0.1) is 5.82 Å². The summed E-state index contributed by atoms with van der Waals surface area (Å²) in [6, 6.07) is 5.61. The van der Waals surface area contributed by atoms with E-state index in [4.69, 9.17) is 14.2 Å². The molecule has 1 saturated heterocycles. The van der Waals surface area contributed by atoms with Gasteiger partial charge in [-0.1, -0.05) is 12.1 Å². The van der Waals surface area contributed by atoms with Gasteiger partial charge in [-0.15, -0.1) is 0 Å². The number of carbonyl (C=O) groups is 1. The molecule has 0 spiro atoms. The normalized spacial score (nSPS) is 20.2. The molecule has 0 amide bonds. The van der Waals surface area contributed by atoms with Crippen molar-refractivity contribution in [3.05, 3.63) is 35.6 Å².